The van der Waals surface area contributed by atoms with Gasteiger partial charge < -0.3 is 25.2 Å². The van der Waals surface area contributed by atoms with Crippen molar-refractivity contribution < 1.29 is 14.3 Å². The van der Waals surface area contributed by atoms with Crippen LogP contribution in [0.4, 0.5) is 4.79 Å². The van der Waals surface area contributed by atoms with E-state index >= 15 is 0 Å². The van der Waals surface area contributed by atoms with Crippen molar-refractivity contribution >= 4 is 18.0 Å². The Morgan fingerprint density at radius 1 is 1.11 bits per heavy atom. The number of amides is 2. The molecular formula is C19H37N5O3. The fourth-order valence-corrected chi connectivity index (χ4v) is 2.89. The zero-order valence-corrected chi connectivity index (χ0v) is 17.8. The zero-order valence-electron chi connectivity index (χ0n) is 17.8. The first-order valence-corrected chi connectivity index (χ1v) is 9.94. The Morgan fingerprint density at radius 3 is 2.19 bits per heavy atom. The first-order valence-electron chi connectivity index (χ1n) is 9.94. The third-order valence-corrected chi connectivity index (χ3v) is 4.18. The van der Waals surface area contributed by atoms with Gasteiger partial charge in [0.15, 0.2) is 5.96 Å². The van der Waals surface area contributed by atoms with Gasteiger partial charge in [-0.15, -0.1) is 0 Å². The lowest BCUT2D eigenvalue weighted by molar-refractivity contribution is -0.130. The highest BCUT2D eigenvalue weighted by Gasteiger charge is 2.22. The van der Waals surface area contributed by atoms with Crippen LogP contribution in [0.5, 0.6) is 0 Å². The molecule has 8 heteroatoms. The van der Waals surface area contributed by atoms with Gasteiger partial charge in [-0.1, -0.05) is 13.3 Å². The van der Waals surface area contributed by atoms with E-state index in [0.717, 1.165) is 38.4 Å². The summed E-state index contributed by atoms with van der Waals surface area (Å²) in [4.78, 5) is 32.3. The van der Waals surface area contributed by atoms with Crippen molar-refractivity contribution in [2.24, 2.45) is 4.99 Å². The molecule has 8 nitrogen and oxygen atoms in total. The molecule has 156 valence electrons. The van der Waals surface area contributed by atoms with Crippen LogP contribution in [0, 0.1) is 0 Å². The minimum Gasteiger partial charge on any atom is -0.444 e. The number of carbonyl (C=O) groups excluding carboxylic acids is 2. The Kier molecular flexibility index (Phi) is 9.38. The van der Waals surface area contributed by atoms with Crippen molar-refractivity contribution in [2.45, 2.75) is 66.0 Å². The van der Waals surface area contributed by atoms with Gasteiger partial charge in [0.2, 0.25) is 5.91 Å². The number of nitrogens with one attached hydrogen (secondary N) is 2. The molecule has 1 saturated heterocycles. The van der Waals surface area contributed by atoms with E-state index < -0.39 is 11.7 Å². The fourth-order valence-electron chi connectivity index (χ4n) is 2.89. The van der Waals surface area contributed by atoms with Gasteiger partial charge in [-0.25, -0.2) is 4.79 Å². The fraction of sp³-hybridized carbons (Fsp3) is 0.842. The Morgan fingerprint density at radius 2 is 1.70 bits per heavy atom. The van der Waals surface area contributed by atoms with Gasteiger partial charge in [0.25, 0.3) is 0 Å². The molecule has 2 N–H and O–H groups in total. The van der Waals surface area contributed by atoms with Crippen LogP contribution < -0.4 is 10.6 Å². The number of ether oxygens (including phenoxy) is 1. The quantitative estimate of drug-likeness (QED) is 0.540. The van der Waals surface area contributed by atoms with E-state index in [-0.39, 0.29) is 11.9 Å². The molecule has 0 aromatic carbocycles. The molecule has 1 unspecified atom stereocenters. The molecule has 0 spiro atoms. The summed E-state index contributed by atoms with van der Waals surface area (Å²) in [5, 5.41) is 6.24. The Hall–Kier alpha value is -1.99. The number of hydrogen-bond donors (Lipinski definition) is 2. The smallest absolute Gasteiger partial charge is 0.407 e. The second-order valence-electron chi connectivity index (χ2n) is 7.82. The highest BCUT2D eigenvalue weighted by Crippen LogP contribution is 2.08. The third-order valence-electron chi connectivity index (χ3n) is 4.18. The van der Waals surface area contributed by atoms with E-state index in [9.17, 15) is 9.59 Å². The van der Waals surface area contributed by atoms with Crippen molar-refractivity contribution in [3.05, 3.63) is 0 Å². The number of aliphatic imine (C=N–C) groups is 1. The third kappa shape index (κ3) is 8.97. The summed E-state index contributed by atoms with van der Waals surface area (Å²) in [7, 11) is 0. The zero-order chi connectivity index (χ0) is 20.4. The number of guanidine groups is 1. The van der Waals surface area contributed by atoms with Crippen LogP contribution >= 0.6 is 0 Å². The number of carbonyl (C=O) groups is 2. The average Bonchev–Trinajstić information content (AvgIpc) is 2.57. The summed E-state index contributed by atoms with van der Waals surface area (Å²) in [6.07, 6.45) is 1.38. The predicted molar refractivity (Wildman–Crippen MR) is 108 cm³/mol. The van der Waals surface area contributed by atoms with Crippen LogP contribution in [0.2, 0.25) is 0 Å². The summed E-state index contributed by atoms with van der Waals surface area (Å²) in [6.45, 7) is 15.4. The summed E-state index contributed by atoms with van der Waals surface area (Å²) < 4.78 is 5.36. The lowest BCUT2D eigenvalue weighted by Crippen LogP contribution is -2.53. The minimum absolute atomic E-state index is 0.0722. The topological polar surface area (TPSA) is 86.3 Å². The van der Waals surface area contributed by atoms with E-state index in [1.165, 1.54) is 0 Å². The molecule has 0 aromatic rings. The molecule has 1 atom stereocenters. The summed E-state index contributed by atoms with van der Waals surface area (Å²) in [6, 6.07) is -0.0722. The maximum atomic E-state index is 12.1. The molecule has 0 bridgehead atoms. The molecule has 0 aliphatic carbocycles. The first-order chi connectivity index (χ1) is 12.7. The van der Waals surface area contributed by atoms with Gasteiger partial charge in [0.05, 0.1) is 12.6 Å². The molecule has 2 amide bonds. The van der Waals surface area contributed by atoms with E-state index in [1.54, 1.807) is 6.92 Å². The summed E-state index contributed by atoms with van der Waals surface area (Å²) >= 11 is 0. The normalized spacial score (nSPS) is 16.7. The van der Waals surface area contributed by atoms with Gasteiger partial charge in [-0.3, -0.25) is 9.79 Å². The molecule has 0 radical (unpaired) electrons. The van der Waals surface area contributed by atoms with Crippen molar-refractivity contribution in [2.75, 3.05) is 39.3 Å². The number of nitrogens with zero attached hydrogens (tertiary/aromatic N) is 3. The molecule has 1 aliphatic rings. The van der Waals surface area contributed by atoms with Crippen molar-refractivity contribution in [1.82, 2.24) is 20.4 Å². The first kappa shape index (κ1) is 23.0. The Bertz CT molecular complexity index is 508. The Labute approximate surface area is 163 Å². The number of alkyl carbamates (subject to hydrolysis) is 1. The van der Waals surface area contributed by atoms with Crippen LogP contribution in [-0.4, -0.2) is 78.7 Å². The van der Waals surface area contributed by atoms with Gasteiger partial charge in [-0.05, 0) is 34.1 Å². The lowest BCUT2D eigenvalue weighted by Gasteiger charge is -2.36. The molecule has 27 heavy (non-hydrogen) atoms. The minimum atomic E-state index is -0.518. The Balaban J connectivity index is 2.69. The summed E-state index contributed by atoms with van der Waals surface area (Å²) in [5.74, 6) is 0.939. The van der Waals surface area contributed by atoms with Gasteiger partial charge in [0, 0.05) is 39.6 Å². The van der Waals surface area contributed by atoms with E-state index in [2.05, 4.69) is 22.5 Å². The predicted octanol–water partition coefficient (Wildman–Crippen LogP) is 1.81. The number of rotatable bonds is 6. The van der Waals surface area contributed by atoms with Crippen LogP contribution in [0.25, 0.3) is 0 Å². The second kappa shape index (κ2) is 11.0. The van der Waals surface area contributed by atoms with Crippen molar-refractivity contribution in [1.29, 1.82) is 0 Å². The molecule has 0 aromatic heterocycles. The highest BCUT2D eigenvalue weighted by atomic mass is 16.6. The average molecular weight is 384 g/mol. The molecule has 1 aliphatic heterocycles. The lowest BCUT2D eigenvalue weighted by atomic mass is 10.1. The van der Waals surface area contributed by atoms with Crippen LogP contribution in [0.1, 0.15) is 54.4 Å². The van der Waals surface area contributed by atoms with Crippen LogP contribution in [-0.2, 0) is 9.53 Å². The molecule has 0 saturated carbocycles. The molecule has 1 rings (SSSR count). The van der Waals surface area contributed by atoms with E-state index in [0.29, 0.717) is 19.6 Å². The maximum Gasteiger partial charge on any atom is 0.407 e. The SMILES string of the molecule is CCCC(CN=C(NCC)N1CCN(C(C)=O)CC1)NC(=O)OC(C)(C)C. The standard InChI is InChI=1S/C19H37N5O3/c1-7-9-16(22-18(26)27-19(4,5)6)14-21-17(20-8-2)24-12-10-23(11-13-24)15(3)25/h16H,7-14H2,1-6H3,(H,20,21)(H,22,26). The van der Waals surface area contributed by atoms with Gasteiger partial charge in [0.1, 0.15) is 5.60 Å². The van der Waals surface area contributed by atoms with Crippen LogP contribution in [0.3, 0.4) is 0 Å². The maximum absolute atomic E-state index is 12.1. The summed E-state index contributed by atoms with van der Waals surface area (Å²) in [5.41, 5.74) is -0.518. The highest BCUT2D eigenvalue weighted by molar-refractivity contribution is 5.80. The molecule has 1 heterocycles. The monoisotopic (exact) mass is 383 g/mol. The molecule has 1 fully saturated rings. The van der Waals surface area contributed by atoms with E-state index in [1.807, 2.05) is 32.6 Å². The van der Waals surface area contributed by atoms with Gasteiger partial charge >= 0.3 is 6.09 Å². The van der Waals surface area contributed by atoms with E-state index in [4.69, 9.17) is 9.73 Å². The van der Waals surface area contributed by atoms with Gasteiger partial charge in [-0.2, -0.15) is 0 Å². The number of piperazine rings is 1. The van der Waals surface area contributed by atoms with Crippen LogP contribution in [0.15, 0.2) is 4.99 Å². The largest absolute Gasteiger partial charge is 0.444 e. The number of hydrogen-bond acceptors (Lipinski definition) is 4. The molecular weight excluding hydrogens is 346 g/mol. The second-order valence-corrected chi connectivity index (χ2v) is 7.82. The van der Waals surface area contributed by atoms with Crippen molar-refractivity contribution in [3.63, 3.8) is 0 Å². The van der Waals surface area contributed by atoms with Crippen molar-refractivity contribution in [3.8, 4) is 0 Å².